The van der Waals surface area contributed by atoms with E-state index >= 15 is 0 Å². The summed E-state index contributed by atoms with van der Waals surface area (Å²) >= 11 is 1.52. The number of sulfonamides is 1. The van der Waals surface area contributed by atoms with Gasteiger partial charge in [0.05, 0.1) is 23.2 Å². The lowest BCUT2D eigenvalue weighted by atomic mass is 9.89. The average molecular weight is 555 g/mol. The molecule has 7 nitrogen and oxygen atoms in total. The van der Waals surface area contributed by atoms with E-state index in [1.807, 2.05) is 52.1 Å². The molecule has 1 heterocycles. The molecular weight excluding hydrogens is 520 g/mol. The summed E-state index contributed by atoms with van der Waals surface area (Å²) < 4.78 is 40.9. The Morgan fingerprint density at radius 1 is 1.13 bits per heavy atom. The van der Waals surface area contributed by atoms with Crippen molar-refractivity contribution < 1.29 is 22.7 Å². The van der Waals surface area contributed by atoms with E-state index in [0.29, 0.717) is 24.5 Å². The molecule has 1 aliphatic heterocycles. The predicted octanol–water partition coefficient (Wildman–Crippen LogP) is 5.73. The van der Waals surface area contributed by atoms with Crippen LogP contribution in [0.4, 0.5) is 5.69 Å². The molecule has 1 amide bonds. The van der Waals surface area contributed by atoms with Gasteiger partial charge in [-0.3, -0.25) is 9.10 Å². The highest BCUT2D eigenvalue weighted by molar-refractivity contribution is 7.98. The van der Waals surface area contributed by atoms with E-state index in [1.54, 1.807) is 48.5 Å². The predicted molar refractivity (Wildman–Crippen MR) is 152 cm³/mol. The summed E-state index contributed by atoms with van der Waals surface area (Å²) in [4.78, 5) is 14.6. The van der Waals surface area contributed by atoms with Gasteiger partial charge in [0.15, 0.2) is 0 Å². The van der Waals surface area contributed by atoms with E-state index in [0.717, 1.165) is 26.1 Å². The van der Waals surface area contributed by atoms with Gasteiger partial charge < -0.3 is 14.8 Å². The molecule has 0 aliphatic carbocycles. The Bertz CT molecular complexity index is 1400. The lowest BCUT2D eigenvalue weighted by Crippen LogP contribution is -2.45. The number of nitrogens with one attached hydrogen (secondary N) is 1. The summed E-state index contributed by atoms with van der Waals surface area (Å²) in [5, 5.41) is 3.07. The Labute approximate surface area is 229 Å². The number of rotatable bonds is 9. The molecular formula is C29H34N2O5S2. The molecule has 0 spiro atoms. The fourth-order valence-electron chi connectivity index (χ4n) is 4.57. The molecule has 1 atom stereocenters. The van der Waals surface area contributed by atoms with Crippen LogP contribution in [0, 0.1) is 6.92 Å². The number of para-hydroxylation sites is 2. The van der Waals surface area contributed by atoms with Gasteiger partial charge >= 0.3 is 0 Å². The SMILES string of the molecule is CCOc1ccccc1N(CC(=O)NC1CC(C)(C)Oc2cc(C)ccc21)S(=O)(=O)c1ccc(SC)cc1. The normalized spacial score (nSPS) is 16.2. The third-order valence-electron chi connectivity index (χ3n) is 6.33. The van der Waals surface area contributed by atoms with Crippen LogP contribution in [-0.4, -0.2) is 39.3 Å². The minimum Gasteiger partial charge on any atom is -0.492 e. The van der Waals surface area contributed by atoms with Gasteiger partial charge in [-0.15, -0.1) is 11.8 Å². The van der Waals surface area contributed by atoms with Crippen molar-refractivity contribution >= 4 is 33.4 Å². The fourth-order valence-corrected chi connectivity index (χ4v) is 6.41. The van der Waals surface area contributed by atoms with E-state index in [9.17, 15) is 13.2 Å². The number of anilines is 1. The first-order chi connectivity index (χ1) is 18.0. The van der Waals surface area contributed by atoms with E-state index in [1.165, 1.54) is 11.8 Å². The smallest absolute Gasteiger partial charge is 0.264 e. The summed E-state index contributed by atoms with van der Waals surface area (Å²) in [6.07, 6.45) is 2.47. The lowest BCUT2D eigenvalue weighted by molar-refractivity contribution is -0.120. The van der Waals surface area contributed by atoms with Gasteiger partial charge in [0.1, 0.15) is 23.6 Å². The highest BCUT2D eigenvalue weighted by Crippen LogP contribution is 2.40. The quantitative estimate of drug-likeness (QED) is 0.340. The highest BCUT2D eigenvalue weighted by atomic mass is 32.2. The number of benzene rings is 3. The molecule has 0 saturated carbocycles. The Morgan fingerprint density at radius 2 is 1.84 bits per heavy atom. The zero-order valence-corrected chi connectivity index (χ0v) is 24.0. The summed E-state index contributed by atoms with van der Waals surface area (Å²) in [6.45, 7) is 7.72. The van der Waals surface area contributed by atoms with Crippen molar-refractivity contribution in [1.29, 1.82) is 0 Å². The Kier molecular flexibility index (Phi) is 8.28. The van der Waals surface area contributed by atoms with Gasteiger partial charge in [-0.05, 0) is 82.0 Å². The van der Waals surface area contributed by atoms with Crippen LogP contribution in [0.25, 0.3) is 0 Å². The standard InChI is InChI=1S/C29H34N2O5S2/c1-6-35-26-10-8-7-9-25(26)31(38(33,34)22-14-12-21(37-5)13-15-22)19-28(32)30-24-18-29(3,4)36-27-17-20(2)11-16-23(24)27/h7-17,24H,6,18-19H2,1-5H3,(H,30,32). The molecule has 9 heteroatoms. The van der Waals surface area contributed by atoms with Crippen molar-refractivity contribution in [2.45, 2.75) is 55.5 Å². The number of hydrogen-bond acceptors (Lipinski definition) is 6. The van der Waals surface area contributed by atoms with Crippen molar-refractivity contribution in [3.8, 4) is 11.5 Å². The number of ether oxygens (including phenoxy) is 2. The van der Waals surface area contributed by atoms with Gasteiger partial charge in [0, 0.05) is 16.9 Å². The topological polar surface area (TPSA) is 84.9 Å². The highest BCUT2D eigenvalue weighted by Gasteiger charge is 2.36. The molecule has 38 heavy (non-hydrogen) atoms. The molecule has 0 fully saturated rings. The zero-order chi connectivity index (χ0) is 27.5. The number of hydrogen-bond donors (Lipinski definition) is 1. The van der Waals surface area contributed by atoms with Crippen molar-refractivity contribution in [1.82, 2.24) is 5.32 Å². The van der Waals surface area contributed by atoms with Gasteiger partial charge in [-0.1, -0.05) is 24.3 Å². The maximum absolute atomic E-state index is 13.9. The molecule has 0 bridgehead atoms. The minimum atomic E-state index is -4.09. The van der Waals surface area contributed by atoms with Crippen molar-refractivity contribution in [3.63, 3.8) is 0 Å². The summed E-state index contributed by atoms with van der Waals surface area (Å²) in [5.74, 6) is 0.696. The molecule has 202 valence electrons. The second kappa shape index (κ2) is 11.3. The summed E-state index contributed by atoms with van der Waals surface area (Å²) in [6, 6.07) is 19.1. The van der Waals surface area contributed by atoms with E-state index < -0.39 is 28.1 Å². The van der Waals surface area contributed by atoms with E-state index in [-0.39, 0.29) is 10.9 Å². The molecule has 0 radical (unpaired) electrons. The van der Waals surface area contributed by atoms with Crippen molar-refractivity contribution in [2.24, 2.45) is 0 Å². The van der Waals surface area contributed by atoms with Crippen LogP contribution < -0.4 is 19.1 Å². The molecule has 3 aromatic carbocycles. The van der Waals surface area contributed by atoms with Crippen LogP contribution in [0.5, 0.6) is 11.5 Å². The molecule has 0 saturated heterocycles. The molecule has 1 N–H and O–H groups in total. The van der Waals surface area contributed by atoms with Crippen LogP contribution in [0.2, 0.25) is 0 Å². The van der Waals surface area contributed by atoms with Gasteiger partial charge in [0.25, 0.3) is 10.0 Å². The van der Waals surface area contributed by atoms with E-state index in [2.05, 4.69) is 5.32 Å². The number of carbonyl (C=O) groups excluding carboxylic acids is 1. The number of nitrogens with zero attached hydrogens (tertiary/aromatic N) is 1. The average Bonchev–Trinajstić information content (AvgIpc) is 2.87. The van der Waals surface area contributed by atoms with Crippen molar-refractivity contribution in [2.75, 3.05) is 23.7 Å². The van der Waals surface area contributed by atoms with Gasteiger partial charge in [-0.25, -0.2) is 8.42 Å². The number of thioether (sulfide) groups is 1. The third kappa shape index (κ3) is 6.10. The van der Waals surface area contributed by atoms with Crippen LogP contribution in [0.1, 0.15) is 44.4 Å². The van der Waals surface area contributed by atoms with Crippen LogP contribution in [0.3, 0.4) is 0 Å². The zero-order valence-electron chi connectivity index (χ0n) is 22.4. The molecule has 4 rings (SSSR count). The minimum absolute atomic E-state index is 0.0995. The summed E-state index contributed by atoms with van der Waals surface area (Å²) in [5.41, 5.74) is 1.75. The molecule has 0 aromatic heterocycles. The first kappa shape index (κ1) is 27.9. The number of amides is 1. The third-order valence-corrected chi connectivity index (χ3v) is 8.85. The lowest BCUT2D eigenvalue weighted by Gasteiger charge is -2.38. The monoisotopic (exact) mass is 554 g/mol. The molecule has 3 aromatic rings. The Hall–Kier alpha value is -3.17. The molecule has 1 unspecified atom stereocenters. The van der Waals surface area contributed by atoms with E-state index in [4.69, 9.17) is 9.47 Å². The van der Waals surface area contributed by atoms with Gasteiger partial charge in [0.2, 0.25) is 5.91 Å². The second-order valence-corrected chi connectivity index (χ2v) is 12.6. The number of fused-ring (bicyclic) bond motifs is 1. The maximum atomic E-state index is 13.9. The second-order valence-electron chi connectivity index (χ2n) is 9.82. The van der Waals surface area contributed by atoms with Crippen LogP contribution in [-0.2, 0) is 14.8 Å². The number of carbonyl (C=O) groups is 1. The van der Waals surface area contributed by atoms with Crippen molar-refractivity contribution in [3.05, 3.63) is 77.9 Å². The van der Waals surface area contributed by atoms with Crippen LogP contribution >= 0.6 is 11.8 Å². The molecule has 1 aliphatic rings. The Morgan fingerprint density at radius 3 is 2.53 bits per heavy atom. The Balaban J connectivity index is 1.69. The number of aryl methyl sites for hydroxylation is 1. The maximum Gasteiger partial charge on any atom is 0.264 e. The first-order valence-electron chi connectivity index (χ1n) is 12.5. The fraction of sp³-hybridized carbons (Fsp3) is 0.345. The first-order valence-corrected chi connectivity index (χ1v) is 15.2. The summed E-state index contributed by atoms with van der Waals surface area (Å²) in [7, 11) is -4.09. The van der Waals surface area contributed by atoms with Crippen LogP contribution in [0.15, 0.2) is 76.5 Å². The van der Waals surface area contributed by atoms with Gasteiger partial charge in [-0.2, -0.15) is 0 Å². The largest absolute Gasteiger partial charge is 0.492 e.